The first-order chi connectivity index (χ1) is 10.2. The van der Waals surface area contributed by atoms with Gasteiger partial charge in [-0.2, -0.15) is 5.10 Å². The Morgan fingerprint density at radius 1 is 1.10 bits per heavy atom. The van der Waals surface area contributed by atoms with Gasteiger partial charge in [0, 0.05) is 30.2 Å². The van der Waals surface area contributed by atoms with Crippen molar-refractivity contribution in [3.8, 4) is 5.69 Å². The highest BCUT2D eigenvalue weighted by atomic mass is 19.1. The summed E-state index contributed by atoms with van der Waals surface area (Å²) in [5.41, 5.74) is 3.62. The van der Waals surface area contributed by atoms with E-state index < -0.39 is 0 Å². The van der Waals surface area contributed by atoms with Crippen LogP contribution in [0.1, 0.15) is 11.1 Å². The summed E-state index contributed by atoms with van der Waals surface area (Å²) in [7, 11) is 0. The average Bonchev–Trinajstić information content (AvgIpc) is 3.04. The van der Waals surface area contributed by atoms with E-state index in [4.69, 9.17) is 0 Å². The van der Waals surface area contributed by atoms with E-state index in [2.05, 4.69) is 10.4 Å². The summed E-state index contributed by atoms with van der Waals surface area (Å²) in [6.45, 7) is 2.43. The summed E-state index contributed by atoms with van der Waals surface area (Å²) < 4.78 is 15.3. The molecule has 0 fully saturated rings. The van der Waals surface area contributed by atoms with E-state index >= 15 is 0 Å². The molecule has 4 heteroatoms. The minimum absolute atomic E-state index is 0.186. The zero-order chi connectivity index (χ0) is 14.7. The molecule has 0 radical (unpaired) electrons. The summed E-state index contributed by atoms with van der Waals surface area (Å²) in [6, 6.07) is 15.1. The number of benzene rings is 2. The highest BCUT2D eigenvalue weighted by Gasteiger charge is 2.03. The number of nitrogens with one attached hydrogen (secondary N) is 1. The Hall–Kier alpha value is -2.62. The van der Waals surface area contributed by atoms with Gasteiger partial charge in [0.1, 0.15) is 5.82 Å². The molecular formula is C17H16FN3. The standard InChI is InChI=1S/C17H16FN3/c1-13-16(18)4-2-5-17(13)19-12-14-6-8-15(9-7-14)21-11-3-10-20-21/h2-11,19H,12H2,1H3. The van der Waals surface area contributed by atoms with Gasteiger partial charge in [-0.15, -0.1) is 0 Å². The SMILES string of the molecule is Cc1c(F)cccc1NCc1ccc(-n2cccn2)cc1. The van der Waals surface area contributed by atoms with Crippen LogP contribution < -0.4 is 5.32 Å². The molecule has 0 aliphatic rings. The van der Waals surface area contributed by atoms with Gasteiger partial charge in [0.2, 0.25) is 0 Å². The lowest BCUT2D eigenvalue weighted by Gasteiger charge is -2.10. The number of anilines is 1. The Morgan fingerprint density at radius 2 is 1.90 bits per heavy atom. The third kappa shape index (κ3) is 2.94. The van der Waals surface area contributed by atoms with Crippen molar-refractivity contribution in [1.29, 1.82) is 0 Å². The van der Waals surface area contributed by atoms with Gasteiger partial charge in [0.25, 0.3) is 0 Å². The first-order valence-electron chi connectivity index (χ1n) is 6.82. The molecule has 0 amide bonds. The number of rotatable bonds is 4. The second kappa shape index (κ2) is 5.79. The van der Waals surface area contributed by atoms with Crippen molar-refractivity contribution in [3.05, 3.63) is 77.9 Å². The topological polar surface area (TPSA) is 29.9 Å². The predicted octanol–water partition coefficient (Wildman–Crippen LogP) is 3.93. The molecule has 21 heavy (non-hydrogen) atoms. The molecule has 0 atom stereocenters. The quantitative estimate of drug-likeness (QED) is 0.785. The Morgan fingerprint density at radius 3 is 2.62 bits per heavy atom. The number of hydrogen-bond donors (Lipinski definition) is 1. The molecular weight excluding hydrogens is 265 g/mol. The molecule has 0 saturated heterocycles. The van der Waals surface area contributed by atoms with Crippen molar-refractivity contribution in [1.82, 2.24) is 9.78 Å². The molecule has 106 valence electrons. The van der Waals surface area contributed by atoms with Crippen LogP contribution >= 0.6 is 0 Å². The first kappa shape index (κ1) is 13.4. The molecule has 1 heterocycles. The van der Waals surface area contributed by atoms with E-state index in [0.717, 1.165) is 16.9 Å². The molecule has 3 aromatic rings. The van der Waals surface area contributed by atoms with Crippen LogP contribution in [0.2, 0.25) is 0 Å². The predicted molar refractivity (Wildman–Crippen MR) is 82.0 cm³/mol. The fraction of sp³-hybridized carbons (Fsp3) is 0.118. The molecule has 3 rings (SSSR count). The molecule has 2 aromatic carbocycles. The molecule has 0 spiro atoms. The zero-order valence-corrected chi connectivity index (χ0v) is 11.8. The maximum atomic E-state index is 13.5. The molecule has 0 unspecified atom stereocenters. The third-order valence-electron chi connectivity index (χ3n) is 3.46. The Labute approximate surface area is 123 Å². The maximum Gasteiger partial charge on any atom is 0.128 e. The van der Waals surface area contributed by atoms with Gasteiger partial charge < -0.3 is 5.32 Å². The number of halogens is 1. The van der Waals surface area contributed by atoms with E-state index in [1.807, 2.05) is 47.3 Å². The normalized spacial score (nSPS) is 10.6. The van der Waals surface area contributed by atoms with Gasteiger partial charge in [0.15, 0.2) is 0 Å². The summed E-state index contributed by atoms with van der Waals surface area (Å²) in [6.07, 6.45) is 3.66. The fourth-order valence-electron chi connectivity index (χ4n) is 2.18. The second-order valence-electron chi connectivity index (χ2n) is 4.88. The van der Waals surface area contributed by atoms with Crippen molar-refractivity contribution in [2.24, 2.45) is 0 Å². The van der Waals surface area contributed by atoms with Crippen molar-refractivity contribution in [2.75, 3.05) is 5.32 Å². The number of nitrogens with zero attached hydrogens (tertiary/aromatic N) is 2. The van der Waals surface area contributed by atoms with Crippen LogP contribution in [0.25, 0.3) is 5.69 Å². The largest absolute Gasteiger partial charge is 0.381 e. The van der Waals surface area contributed by atoms with Gasteiger partial charge in [-0.1, -0.05) is 18.2 Å². The minimum atomic E-state index is -0.186. The lowest BCUT2D eigenvalue weighted by molar-refractivity contribution is 0.619. The lowest BCUT2D eigenvalue weighted by atomic mass is 10.1. The van der Waals surface area contributed by atoms with E-state index in [0.29, 0.717) is 12.1 Å². The van der Waals surface area contributed by atoms with E-state index in [-0.39, 0.29) is 5.82 Å². The van der Waals surface area contributed by atoms with Crippen LogP contribution in [0.15, 0.2) is 60.9 Å². The van der Waals surface area contributed by atoms with Crippen LogP contribution in [0.4, 0.5) is 10.1 Å². The maximum absolute atomic E-state index is 13.5. The van der Waals surface area contributed by atoms with Crippen LogP contribution in [-0.4, -0.2) is 9.78 Å². The van der Waals surface area contributed by atoms with Crippen molar-refractivity contribution in [2.45, 2.75) is 13.5 Å². The van der Waals surface area contributed by atoms with Crippen molar-refractivity contribution < 1.29 is 4.39 Å². The van der Waals surface area contributed by atoms with Gasteiger partial charge in [-0.25, -0.2) is 9.07 Å². The molecule has 1 aromatic heterocycles. The van der Waals surface area contributed by atoms with Gasteiger partial charge in [0.05, 0.1) is 5.69 Å². The van der Waals surface area contributed by atoms with Gasteiger partial charge in [-0.3, -0.25) is 0 Å². The zero-order valence-electron chi connectivity index (χ0n) is 11.8. The van der Waals surface area contributed by atoms with Crippen LogP contribution in [0.3, 0.4) is 0 Å². The average molecular weight is 281 g/mol. The van der Waals surface area contributed by atoms with Gasteiger partial charge >= 0.3 is 0 Å². The van der Waals surface area contributed by atoms with E-state index in [1.165, 1.54) is 6.07 Å². The molecule has 0 aliphatic carbocycles. The fourth-order valence-corrected chi connectivity index (χ4v) is 2.18. The first-order valence-corrected chi connectivity index (χ1v) is 6.82. The smallest absolute Gasteiger partial charge is 0.128 e. The Kier molecular flexibility index (Phi) is 3.69. The third-order valence-corrected chi connectivity index (χ3v) is 3.46. The van der Waals surface area contributed by atoms with Gasteiger partial charge in [-0.05, 0) is 42.8 Å². The number of hydrogen-bond acceptors (Lipinski definition) is 2. The molecule has 0 aliphatic heterocycles. The summed E-state index contributed by atoms with van der Waals surface area (Å²) in [4.78, 5) is 0. The summed E-state index contributed by atoms with van der Waals surface area (Å²) in [5.74, 6) is -0.186. The van der Waals surface area contributed by atoms with E-state index in [1.54, 1.807) is 19.2 Å². The second-order valence-corrected chi connectivity index (χ2v) is 4.88. The number of aromatic nitrogens is 2. The highest BCUT2D eigenvalue weighted by molar-refractivity contribution is 5.51. The molecule has 3 nitrogen and oxygen atoms in total. The Balaban J connectivity index is 1.70. The van der Waals surface area contributed by atoms with Crippen LogP contribution in [-0.2, 0) is 6.54 Å². The summed E-state index contributed by atoms with van der Waals surface area (Å²) >= 11 is 0. The van der Waals surface area contributed by atoms with Crippen LogP contribution in [0.5, 0.6) is 0 Å². The minimum Gasteiger partial charge on any atom is -0.381 e. The monoisotopic (exact) mass is 281 g/mol. The molecule has 1 N–H and O–H groups in total. The van der Waals surface area contributed by atoms with Crippen molar-refractivity contribution in [3.63, 3.8) is 0 Å². The van der Waals surface area contributed by atoms with E-state index in [9.17, 15) is 4.39 Å². The van der Waals surface area contributed by atoms with Crippen LogP contribution in [0, 0.1) is 12.7 Å². The Bertz CT molecular complexity index is 718. The lowest BCUT2D eigenvalue weighted by Crippen LogP contribution is -2.02. The molecule has 0 bridgehead atoms. The highest BCUT2D eigenvalue weighted by Crippen LogP contribution is 2.18. The summed E-state index contributed by atoms with van der Waals surface area (Å²) in [5, 5.41) is 7.45. The molecule has 0 saturated carbocycles. The van der Waals surface area contributed by atoms with Crippen molar-refractivity contribution >= 4 is 5.69 Å².